The maximum Gasteiger partial charge on any atom is 0.254 e. The lowest BCUT2D eigenvalue weighted by atomic mass is 10.1. The van der Waals surface area contributed by atoms with Gasteiger partial charge in [-0.3, -0.25) is 19.1 Å². The quantitative estimate of drug-likeness (QED) is 0.443. The molecule has 0 radical (unpaired) electrons. The van der Waals surface area contributed by atoms with Crippen LogP contribution < -0.4 is 15.5 Å². The van der Waals surface area contributed by atoms with E-state index in [9.17, 15) is 9.18 Å². The molecule has 188 valence electrons. The van der Waals surface area contributed by atoms with Crippen LogP contribution in [0.2, 0.25) is 0 Å². The lowest BCUT2D eigenvalue weighted by Gasteiger charge is -2.37. The van der Waals surface area contributed by atoms with Gasteiger partial charge in [0.2, 0.25) is 0 Å². The van der Waals surface area contributed by atoms with Crippen LogP contribution in [0.4, 0.5) is 21.6 Å². The topological polar surface area (TPSA) is 99.9 Å². The van der Waals surface area contributed by atoms with E-state index in [1.54, 1.807) is 23.0 Å². The smallest absolute Gasteiger partial charge is 0.254 e. The molecule has 1 unspecified atom stereocenters. The van der Waals surface area contributed by atoms with Gasteiger partial charge in [0, 0.05) is 44.0 Å². The molecule has 1 amide bonds. The number of carbonyl (C=O) groups is 1. The number of aromatic nitrogens is 4. The minimum absolute atomic E-state index is 0.174. The second-order valence-corrected chi connectivity index (χ2v) is 9.68. The number of rotatable bonds is 3. The second kappa shape index (κ2) is 8.49. The van der Waals surface area contributed by atoms with Crippen molar-refractivity contribution >= 4 is 28.7 Å². The van der Waals surface area contributed by atoms with Crippen LogP contribution in [-0.2, 0) is 17.8 Å². The molecule has 37 heavy (non-hydrogen) atoms. The minimum Gasteiger partial charge on any atom is -0.377 e. The van der Waals surface area contributed by atoms with Crippen LogP contribution in [0.1, 0.15) is 21.6 Å². The zero-order valence-corrected chi connectivity index (χ0v) is 20.2. The molecule has 0 bridgehead atoms. The maximum absolute atomic E-state index is 13.7. The third-order valence-corrected chi connectivity index (χ3v) is 7.24. The van der Waals surface area contributed by atoms with Crippen molar-refractivity contribution in [2.24, 2.45) is 0 Å². The van der Waals surface area contributed by atoms with Gasteiger partial charge in [0.1, 0.15) is 17.3 Å². The Morgan fingerprint density at radius 2 is 2.14 bits per heavy atom. The van der Waals surface area contributed by atoms with Crippen LogP contribution in [0.25, 0.3) is 17.0 Å². The number of morpholine rings is 1. The first-order valence-electron chi connectivity index (χ1n) is 12.3. The molecular weight excluding hydrogens is 475 g/mol. The van der Waals surface area contributed by atoms with E-state index in [0.717, 1.165) is 36.6 Å². The Morgan fingerprint density at radius 1 is 1.22 bits per heavy atom. The molecule has 1 atom stereocenters. The highest BCUT2D eigenvalue weighted by Gasteiger charge is 2.31. The van der Waals surface area contributed by atoms with Crippen molar-refractivity contribution in [3.05, 3.63) is 65.5 Å². The fourth-order valence-electron chi connectivity index (χ4n) is 5.57. The Labute approximate surface area is 212 Å². The van der Waals surface area contributed by atoms with Crippen molar-refractivity contribution in [2.75, 3.05) is 43.6 Å². The van der Waals surface area contributed by atoms with Gasteiger partial charge in [-0.15, -0.1) is 0 Å². The molecule has 7 rings (SSSR count). The van der Waals surface area contributed by atoms with Crippen molar-refractivity contribution in [1.29, 1.82) is 0 Å². The average molecular weight is 501 g/mol. The van der Waals surface area contributed by atoms with Gasteiger partial charge in [-0.05, 0) is 25.2 Å². The predicted octanol–water partition coefficient (Wildman–Crippen LogP) is 2.57. The highest BCUT2D eigenvalue weighted by Crippen LogP contribution is 2.35. The first kappa shape index (κ1) is 22.1. The summed E-state index contributed by atoms with van der Waals surface area (Å²) in [6, 6.07) is 7.09. The van der Waals surface area contributed by atoms with Gasteiger partial charge in [0.25, 0.3) is 5.91 Å². The Kier molecular flexibility index (Phi) is 5.08. The van der Waals surface area contributed by atoms with Gasteiger partial charge < -0.3 is 20.3 Å². The molecule has 1 saturated heterocycles. The maximum atomic E-state index is 13.7. The van der Waals surface area contributed by atoms with Crippen molar-refractivity contribution < 1.29 is 13.9 Å². The van der Waals surface area contributed by atoms with E-state index in [1.165, 1.54) is 12.1 Å². The summed E-state index contributed by atoms with van der Waals surface area (Å²) in [5, 5.41) is 6.25. The van der Waals surface area contributed by atoms with Crippen LogP contribution >= 0.6 is 0 Å². The minimum atomic E-state index is -0.359. The summed E-state index contributed by atoms with van der Waals surface area (Å²) in [5.74, 6) is 0.120. The van der Waals surface area contributed by atoms with Crippen molar-refractivity contribution in [3.8, 4) is 11.4 Å². The molecule has 1 fully saturated rings. The molecule has 10 nitrogen and oxygen atoms in total. The number of anilines is 3. The number of halogens is 1. The van der Waals surface area contributed by atoms with Crippen molar-refractivity contribution in [2.45, 2.75) is 19.1 Å². The molecule has 3 aliphatic heterocycles. The highest BCUT2D eigenvalue weighted by molar-refractivity contribution is 6.05. The molecule has 0 aromatic carbocycles. The summed E-state index contributed by atoms with van der Waals surface area (Å²) in [4.78, 5) is 31.5. The molecule has 0 spiro atoms. The molecular formula is C26H25FN8O2. The Balaban J connectivity index is 1.26. The van der Waals surface area contributed by atoms with Crippen LogP contribution in [0, 0.1) is 5.82 Å². The fraction of sp³-hybridized carbons (Fsp3) is 0.308. The Morgan fingerprint density at radius 3 is 3.05 bits per heavy atom. The number of ether oxygens (including phenoxy) is 1. The van der Waals surface area contributed by atoms with E-state index in [1.807, 2.05) is 6.07 Å². The van der Waals surface area contributed by atoms with Gasteiger partial charge in [0.05, 0.1) is 65.7 Å². The monoisotopic (exact) mass is 500 g/mol. The van der Waals surface area contributed by atoms with Crippen molar-refractivity contribution in [1.82, 2.24) is 29.6 Å². The number of hydrogen-bond donors (Lipinski definition) is 2. The number of nitrogens with zero attached hydrogens (tertiary/aromatic N) is 6. The van der Waals surface area contributed by atoms with Gasteiger partial charge in [-0.2, -0.15) is 0 Å². The largest absolute Gasteiger partial charge is 0.377 e. The average Bonchev–Trinajstić information content (AvgIpc) is 3.45. The summed E-state index contributed by atoms with van der Waals surface area (Å²) >= 11 is 0. The first-order valence-corrected chi connectivity index (χ1v) is 12.3. The van der Waals surface area contributed by atoms with Crippen LogP contribution in [0.5, 0.6) is 0 Å². The van der Waals surface area contributed by atoms with Crippen LogP contribution in [0.3, 0.4) is 0 Å². The number of nitrogens with one attached hydrogen (secondary N) is 2. The number of likely N-dealkylation sites (N-methyl/N-ethyl adjacent to an activating group) is 1. The molecule has 4 aromatic heterocycles. The number of amides is 1. The first-order chi connectivity index (χ1) is 18.0. The normalized spacial score (nSPS) is 19.2. The van der Waals surface area contributed by atoms with Gasteiger partial charge >= 0.3 is 0 Å². The lowest BCUT2D eigenvalue weighted by molar-refractivity contribution is 0.0844. The second-order valence-electron chi connectivity index (χ2n) is 9.68. The van der Waals surface area contributed by atoms with E-state index in [4.69, 9.17) is 14.7 Å². The number of pyridine rings is 3. The molecule has 11 heteroatoms. The van der Waals surface area contributed by atoms with E-state index in [0.29, 0.717) is 59.9 Å². The van der Waals surface area contributed by atoms with E-state index < -0.39 is 0 Å². The summed E-state index contributed by atoms with van der Waals surface area (Å²) in [6.45, 7) is 4.25. The number of carbonyl (C=O) groups excluding carboxylic acids is 1. The molecule has 2 N–H and O–H groups in total. The molecule has 3 aliphatic rings. The van der Waals surface area contributed by atoms with Crippen molar-refractivity contribution in [3.63, 3.8) is 0 Å². The SMILES string of the molecule is CN1Cc2nc(Nc3cnc(-c4cnc5cc(F)ccn45)c4c3C(=O)NC4)ccc2N2CCOCC2C1. The number of fused-ring (bicyclic) bond motifs is 5. The Bertz CT molecular complexity index is 1550. The third kappa shape index (κ3) is 3.69. The zero-order valence-electron chi connectivity index (χ0n) is 20.2. The van der Waals surface area contributed by atoms with Crippen LogP contribution in [-0.4, -0.2) is 69.6 Å². The van der Waals surface area contributed by atoms with E-state index in [2.05, 4.69) is 38.5 Å². The van der Waals surface area contributed by atoms with Gasteiger partial charge in [-0.1, -0.05) is 0 Å². The fourth-order valence-corrected chi connectivity index (χ4v) is 5.57. The zero-order chi connectivity index (χ0) is 25.1. The van der Waals surface area contributed by atoms with E-state index >= 15 is 0 Å². The van der Waals surface area contributed by atoms with Gasteiger partial charge in [0.15, 0.2) is 0 Å². The number of imidazole rings is 1. The molecule has 4 aromatic rings. The molecule has 0 aliphatic carbocycles. The van der Waals surface area contributed by atoms with Crippen LogP contribution in [0.15, 0.2) is 42.9 Å². The summed E-state index contributed by atoms with van der Waals surface area (Å²) in [6.07, 6.45) is 4.92. The summed E-state index contributed by atoms with van der Waals surface area (Å²) in [7, 11) is 2.10. The third-order valence-electron chi connectivity index (χ3n) is 7.24. The van der Waals surface area contributed by atoms with Gasteiger partial charge in [-0.25, -0.2) is 14.4 Å². The molecule has 7 heterocycles. The summed E-state index contributed by atoms with van der Waals surface area (Å²) in [5.41, 5.74) is 5.81. The number of hydrogen-bond acceptors (Lipinski definition) is 8. The standard InChI is InChI=1S/C26H25FN8O2/c1-33-12-16-14-37-7-6-34(16)20-2-3-22(32-19(20)13-33)31-18-10-29-25(17-9-30-26(36)24(17)18)21-11-28-23-8-15(27)4-5-35(21)23/h2-5,8,10-11,16H,6-7,9,12-14H2,1H3,(H,30,36)(H,31,32). The Hall–Kier alpha value is -4.09. The predicted molar refractivity (Wildman–Crippen MR) is 135 cm³/mol. The molecule has 0 saturated carbocycles. The summed E-state index contributed by atoms with van der Waals surface area (Å²) < 4.78 is 21.1. The van der Waals surface area contributed by atoms with E-state index in [-0.39, 0.29) is 11.7 Å². The lowest BCUT2D eigenvalue weighted by Crippen LogP contribution is -2.49. The highest BCUT2D eigenvalue weighted by atomic mass is 19.1.